The van der Waals surface area contributed by atoms with Gasteiger partial charge < -0.3 is 19.9 Å². The number of nitrogens with zero attached hydrogens (tertiary/aromatic N) is 2. The molecule has 2 aromatic rings. The number of aryl methyl sites for hydroxylation is 2. The normalized spacial score (nSPS) is 16.1. The van der Waals surface area contributed by atoms with E-state index in [1.807, 2.05) is 0 Å². The molecule has 1 saturated heterocycles. The van der Waals surface area contributed by atoms with Gasteiger partial charge in [0.2, 0.25) is 0 Å². The van der Waals surface area contributed by atoms with Gasteiger partial charge in [-0.3, -0.25) is 0 Å². The molecule has 1 N–H and O–H groups in total. The van der Waals surface area contributed by atoms with Gasteiger partial charge in [0.25, 0.3) is 0 Å². The summed E-state index contributed by atoms with van der Waals surface area (Å²) < 4.78 is 5.87. The van der Waals surface area contributed by atoms with Crippen LogP contribution in [-0.2, 0) is 11.3 Å². The van der Waals surface area contributed by atoms with Gasteiger partial charge in [-0.2, -0.15) is 0 Å². The first-order chi connectivity index (χ1) is 13.4. The molecule has 0 amide bonds. The Kier molecular flexibility index (Phi) is 6.92. The van der Waals surface area contributed by atoms with Gasteiger partial charge >= 0.3 is 0 Å². The first-order valence-electron chi connectivity index (χ1n) is 9.93. The summed E-state index contributed by atoms with van der Waals surface area (Å²) in [4.78, 5) is 4.34. The fourth-order valence-electron chi connectivity index (χ4n) is 3.62. The van der Waals surface area contributed by atoms with Gasteiger partial charge in [-0.05, 0) is 79.9 Å². The average molecular weight is 398 g/mol. The Hall–Kier alpha value is -2.11. The number of hydrogen-bond donors (Lipinski definition) is 1. The first-order valence-corrected chi connectivity index (χ1v) is 10.3. The summed E-state index contributed by atoms with van der Waals surface area (Å²) in [6.07, 6.45) is 2.48. The highest BCUT2D eigenvalue weighted by atomic mass is 32.1. The topological polar surface area (TPSA) is 27.7 Å². The number of hydrogen-bond acceptors (Lipinski definition) is 3. The molecule has 3 rings (SSSR count). The average Bonchev–Trinajstić information content (AvgIpc) is 3.14. The van der Waals surface area contributed by atoms with Crippen LogP contribution in [0.2, 0.25) is 0 Å². The number of rotatable bonds is 6. The summed E-state index contributed by atoms with van der Waals surface area (Å²) >= 11 is 5.80. The molecule has 0 unspecified atom stereocenters. The molecule has 1 heterocycles. The molecule has 0 aromatic heterocycles. The van der Waals surface area contributed by atoms with Gasteiger partial charge in [0, 0.05) is 45.2 Å². The molecule has 0 radical (unpaired) electrons. The Morgan fingerprint density at radius 3 is 2.36 bits per heavy atom. The van der Waals surface area contributed by atoms with E-state index in [1.54, 1.807) is 0 Å². The number of ether oxygens (including phenoxy) is 1. The second-order valence-electron chi connectivity index (χ2n) is 7.88. The predicted octanol–water partition coefficient (Wildman–Crippen LogP) is 4.75. The zero-order valence-corrected chi connectivity index (χ0v) is 18.2. The Balaban J connectivity index is 1.74. The lowest BCUT2D eigenvalue weighted by Crippen LogP contribution is -2.39. The van der Waals surface area contributed by atoms with Crippen molar-refractivity contribution in [3.8, 4) is 0 Å². The third kappa shape index (κ3) is 5.69. The zero-order valence-electron chi connectivity index (χ0n) is 17.4. The van der Waals surface area contributed by atoms with Crippen LogP contribution >= 0.6 is 12.2 Å². The van der Waals surface area contributed by atoms with Gasteiger partial charge in [0.05, 0.1) is 6.10 Å². The molecule has 0 saturated carbocycles. The lowest BCUT2D eigenvalue weighted by atomic mass is 10.1. The maximum atomic E-state index is 5.87. The van der Waals surface area contributed by atoms with Gasteiger partial charge in [0.1, 0.15) is 0 Å². The summed E-state index contributed by atoms with van der Waals surface area (Å²) in [7, 11) is 4.11. The fraction of sp³-hybridized carbons (Fsp3) is 0.435. The van der Waals surface area contributed by atoms with E-state index in [4.69, 9.17) is 17.0 Å². The largest absolute Gasteiger partial charge is 0.378 e. The van der Waals surface area contributed by atoms with E-state index in [2.05, 4.69) is 85.5 Å². The molecule has 1 atom stereocenters. The Labute approximate surface area is 174 Å². The Morgan fingerprint density at radius 1 is 1.11 bits per heavy atom. The predicted molar refractivity (Wildman–Crippen MR) is 122 cm³/mol. The maximum absolute atomic E-state index is 5.87. The molecule has 0 bridgehead atoms. The number of anilines is 2. The monoisotopic (exact) mass is 397 g/mol. The van der Waals surface area contributed by atoms with Crippen molar-refractivity contribution in [3.05, 3.63) is 59.2 Å². The van der Waals surface area contributed by atoms with E-state index in [-0.39, 0.29) is 6.10 Å². The highest BCUT2D eigenvalue weighted by Crippen LogP contribution is 2.19. The summed E-state index contributed by atoms with van der Waals surface area (Å²) in [6.45, 7) is 6.65. The molecule has 0 aliphatic carbocycles. The minimum Gasteiger partial charge on any atom is -0.378 e. The van der Waals surface area contributed by atoms with Crippen molar-refractivity contribution in [1.82, 2.24) is 4.90 Å². The number of thiocarbonyl (C=S) groups is 1. The summed E-state index contributed by atoms with van der Waals surface area (Å²) in [5, 5.41) is 4.19. The molecule has 2 aromatic carbocycles. The minimum absolute atomic E-state index is 0.250. The van der Waals surface area contributed by atoms with E-state index >= 15 is 0 Å². The lowest BCUT2D eigenvalue weighted by molar-refractivity contribution is 0.0905. The second kappa shape index (κ2) is 9.39. The third-order valence-electron chi connectivity index (χ3n) is 5.03. The molecular formula is C23H31N3OS. The molecule has 5 heteroatoms. The molecule has 0 spiro atoms. The summed E-state index contributed by atoms with van der Waals surface area (Å²) in [5.74, 6) is 0. The highest BCUT2D eigenvalue weighted by Gasteiger charge is 2.21. The zero-order chi connectivity index (χ0) is 20.1. The van der Waals surface area contributed by atoms with Crippen molar-refractivity contribution < 1.29 is 4.74 Å². The van der Waals surface area contributed by atoms with Crippen molar-refractivity contribution >= 4 is 28.7 Å². The maximum Gasteiger partial charge on any atom is 0.173 e. The SMILES string of the molecule is Cc1cc(C)cc(NC(=S)N(Cc2ccc(N(C)C)cc2)C[C@H]2CCCO2)c1. The van der Waals surface area contributed by atoms with Crippen LogP contribution in [0, 0.1) is 13.8 Å². The van der Waals surface area contributed by atoms with E-state index < -0.39 is 0 Å². The van der Waals surface area contributed by atoms with Crippen LogP contribution in [-0.4, -0.2) is 43.4 Å². The van der Waals surface area contributed by atoms with Gasteiger partial charge in [-0.25, -0.2) is 0 Å². The van der Waals surface area contributed by atoms with Crippen molar-refractivity contribution in [2.24, 2.45) is 0 Å². The van der Waals surface area contributed by atoms with Crippen LogP contribution in [0.15, 0.2) is 42.5 Å². The van der Waals surface area contributed by atoms with Gasteiger partial charge in [0.15, 0.2) is 5.11 Å². The third-order valence-corrected chi connectivity index (χ3v) is 5.39. The standard InChI is InChI=1S/C23H31N3OS/c1-17-12-18(2)14-20(13-17)24-23(28)26(16-22-6-5-11-27-22)15-19-7-9-21(10-8-19)25(3)4/h7-10,12-14,22H,5-6,11,15-16H2,1-4H3,(H,24,28)/t22-/m1/s1. The van der Waals surface area contributed by atoms with Gasteiger partial charge in [-0.1, -0.05) is 18.2 Å². The van der Waals surface area contributed by atoms with E-state index in [1.165, 1.54) is 22.4 Å². The molecule has 4 nitrogen and oxygen atoms in total. The molecule has 28 heavy (non-hydrogen) atoms. The number of benzene rings is 2. The molecule has 1 aliphatic heterocycles. The lowest BCUT2D eigenvalue weighted by Gasteiger charge is -2.28. The van der Waals surface area contributed by atoms with Crippen LogP contribution in [0.4, 0.5) is 11.4 Å². The quantitative estimate of drug-likeness (QED) is 0.710. The smallest absolute Gasteiger partial charge is 0.173 e. The van der Waals surface area contributed by atoms with Crippen molar-refractivity contribution in [3.63, 3.8) is 0 Å². The molecular weight excluding hydrogens is 366 g/mol. The second-order valence-corrected chi connectivity index (χ2v) is 8.27. The molecule has 1 aliphatic rings. The summed E-state index contributed by atoms with van der Waals surface area (Å²) in [5.41, 5.74) is 5.95. The van der Waals surface area contributed by atoms with Gasteiger partial charge in [-0.15, -0.1) is 0 Å². The number of nitrogens with one attached hydrogen (secondary N) is 1. The highest BCUT2D eigenvalue weighted by molar-refractivity contribution is 7.80. The van der Waals surface area contributed by atoms with Crippen LogP contribution in [0.3, 0.4) is 0 Å². The molecule has 1 fully saturated rings. The van der Waals surface area contributed by atoms with Crippen LogP contribution in [0.5, 0.6) is 0 Å². The Bertz CT molecular complexity index is 778. The van der Waals surface area contributed by atoms with Crippen LogP contribution in [0.25, 0.3) is 0 Å². The first kappa shape index (κ1) is 20.6. The minimum atomic E-state index is 0.250. The van der Waals surface area contributed by atoms with Crippen LogP contribution < -0.4 is 10.2 Å². The van der Waals surface area contributed by atoms with Crippen LogP contribution in [0.1, 0.15) is 29.5 Å². The molecule has 150 valence electrons. The summed E-state index contributed by atoms with van der Waals surface area (Å²) in [6, 6.07) is 15.1. The van der Waals surface area contributed by atoms with E-state index in [0.717, 1.165) is 43.3 Å². The Morgan fingerprint density at radius 2 is 1.79 bits per heavy atom. The van der Waals surface area contributed by atoms with Crippen molar-refractivity contribution in [2.45, 2.75) is 39.3 Å². The van der Waals surface area contributed by atoms with E-state index in [9.17, 15) is 0 Å². The van der Waals surface area contributed by atoms with E-state index in [0.29, 0.717) is 0 Å². The van der Waals surface area contributed by atoms with Crippen molar-refractivity contribution in [2.75, 3.05) is 37.5 Å². The fourth-order valence-corrected chi connectivity index (χ4v) is 3.88. The van der Waals surface area contributed by atoms with Crippen molar-refractivity contribution in [1.29, 1.82) is 0 Å².